The third kappa shape index (κ3) is 4.99. The Balaban J connectivity index is 2.28. The first-order valence-electron chi connectivity index (χ1n) is 6.85. The van der Waals surface area contributed by atoms with Crippen molar-refractivity contribution in [2.45, 2.75) is 64.8 Å². The molecule has 1 fully saturated rings. The molecule has 0 aromatic carbocycles. The Bertz CT molecular complexity index is 211. The Morgan fingerprint density at radius 2 is 1.94 bits per heavy atom. The molecule has 1 aliphatic rings. The van der Waals surface area contributed by atoms with Gasteiger partial charge in [0.25, 0.3) is 0 Å². The SMILES string of the molecule is CC(C)CN(CCCCC#N)C1CCCC1. The van der Waals surface area contributed by atoms with Gasteiger partial charge in [-0.1, -0.05) is 26.7 Å². The highest BCUT2D eigenvalue weighted by molar-refractivity contribution is 4.78. The van der Waals surface area contributed by atoms with Gasteiger partial charge in [0.2, 0.25) is 0 Å². The van der Waals surface area contributed by atoms with E-state index in [4.69, 9.17) is 5.26 Å². The van der Waals surface area contributed by atoms with Crippen LogP contribution in [0.25, 0.3) is 0 Å². The third-order valence-electron chi connectivity index (χ3n) is 3.42. The van der Waals surface area contributed by atoms with Crippen LogP contribution >= 0.6 is 0 Å². The average molecular weight is 222 g/mol. The van der Waals surface area contributed by atoms with Gasteiger partial charge < -0.3 is 4.90 Å². The lowest BCUT2D eigenvalue weighted by molar-refractivity contribution is 0.174. The van der Waals surface area contributed by atoms with Crippen molar-refractivity contribution in [2.75, 3.05) is 13.1 Å². The molecule has 0 amide bonds. The predicted molar refractivity (Wildman–Crippen MR) is 68.1 cm³/mol. The van der Waals surface area contributed by atoms with Crippen LogP contribution in [0.15, 0.2) is 0 Å². The van der Waals surface area contributed by atoms with E-state index in [1.165, 1.54) is 45.2 Å². The highest BCUT2D eigenvalue weighted by Crippen LogP contribution is 2.24. The summed E-state index contributed by atoms with van der Waals surface area (Å²) in [5, 5.41) is 8.52. The number of hydrogen-bond acceptors (Lipinski definition) is 2. The van der Waals surface area contributed by atoms with Gasteiger partial charge in [0.05, 0.1) is 6.07 Å². The number of unbranched alkanes of at least 4 members (excludes halogenated alkanes) is 2. The normalized spacial score (nSPS) is 17.2. The summed E-state index contributed by atoms with van der Waals surface area (Å²) in [4.78, 5) is 2.68. The zero-order valence-electron chi connectivity index (χ0n) is 10.9. The van der Waals surface area contributed by atoms with Gasteiger partial charge in [0, 0.05) is 19.0 Å². The van der Waals surface area contributed by atoms with Gasteiger partial charge in [-0.2, -0.15) is 5.26 Å². The van der Waals surface area contributed by atoms with Gasteiger partial charge in [0.1, 0.15) is 0 Å². The molecule has 2 nitrogen and oxygen atoms in total. The minimum atomic E-state index is 0.722. The smallest absolute Gasteiger partial charge is 0.0621 e. The first-order chi connectivity index (χ1) is 7.74. The summed E-state index contributed by atoms with van der Waals surface area (Å²) < 4.78 is 0. The molecule has 0 aliphatic heterocycles. The van der Waals surface area contributed by atoms with E-state index in [9.17, 15) is 0 Å². The quantitative estimate of drug-likeness (QED) is 0.616. The van der Waals surface area contributed by atoms with Crippen LogP contribution in [0.5, 0.6) is 0 Å². The van der Waals surface area contributed by atoms with Gasteiger partial charge in [-0.25, -0.2) is 0 Å². The van der Waals surface area contributed by atoms with Crippen molar-refractivity contribution in [3.8, 4) is 6.07 Å². The fourth-order valence-electron chi connectivity index (χ4n) is 2.68. The molecule has 1 aliphatic carbocycles. The van der Waals surface area contributed by atoms with Crippen molar-refractivity contribution in [3.63, 3.8) is 0 Å². The van der Waals surface area contributed by atoms with Gasteiger partial charge >= 0.3 is 0 Å². The molecular weight excluding hydrogens is 196 g/mol. The lowest BCUT2D eigenvalue weighted by Gasteiger charge is -2.30. The molecule has 2 heteroatoms. The maximum atomic E-state index is 8.52. The molecule has 0 atom stereocenters. The highest BCUT2D eigenvalue weighted by Gasteiger charge is 2.22. The second-order valence-corrected chi connectivity index (χ2v) is 5.44. The van der Waals surface area contributed by atoms with Crippen molar-refractivity contribution in [3.05, 3.63) is 0 Å². The summed E-state index contributed by atoms with van der Waals surface area (Å²) in [6, 6.07) is 3.07. The number of rotatable bonds is 7. The van der Waals surface area contributed by atoms with E-state index in [-0.39, 0.29) is 0 Å². The van der Waals surface area contributed by atoms with E-state index in [0.29, 0.717) is 0 Å². The summed E-state index contributed by atoms with van der Waals surface area (Å²) in [7, 11) is 0. The van der Waals surface area contributed by atoms with Crippen molar-refractivity contribution >= 4 is 0 Å². The van der Waals surface area contributed by atoms with Crippen molar-refractivity contribution in [2.24, 2.45) is 5.92 Å². The summed E-state index contributed by atoms with van der Waals surface area (Å²) in [6.07, 6.45) is 8.60. The molecule has 1 rings (SSSR count). The molecule has 0 N–H and O–H groups in total. The molecule has 0 spiro atoms. The van der Waals surface area contributed by atoms with E-state index in [1.807, 2.05) is 0 Å². The van der Waals surface area contributed by atoms with Gasteiger partial charge in [-0.15, -0.1) is 0 Å². The minimum Gasteiger partial charge on any atom is -0.300 e. The topological polar surface area (TPSA) is 27.0 Å². The van der Waals surface area contributed by atoms with E-state index >= 15 is 0 Å². The molecule has 0 heterocycles. The molecule has 1 saturated carbocycles. The molecular formula is C14H26N2. The first-order valence-corrected chi connectivity index (χ1v) is 6.85. The molecule has 0 saturated heterocycles. The zero-order valence-corrected chi connectivity index (χ0v) is 10.9. The minimum absolute atomic E-state index is 0.722. The third-order valence-corrected chi connectivity index (χ3v) is 3.42. The molecule has 16 heavy (non-hydrogen) atoms. The van der Waals surface area contributed by atoms with Crippen LogP contribution in [-0.4, -0.2) is 24.0 Å². The van der Waals surface area contributed by atoms with Gasteiger partial charge in [-0.3, -0.25) is 0 Å². The molecule has 92 valence electrons. The van der Waals surface area contributed by atoms with Gasteiger partial charge in [0.15, 0.2) is 0 Å². The van der Waals surface area contributed by atoms with E-state index in [0.717, 1.165) is 24.8 Å². The van der Waals surface area contributed by atoms with Crippen LogP contribution in [0.2, 0.25) is 0 Å². The van der Waals surface area contributed by atoms with E-state index < -0.39 is 0 Å². The van der Waals surface area contributed by atoms with Crippen LogP contribution in [0.3, 0.4) is 0 Å². The Morgan fingerprint density at radius 1 is 1.25 bits per heavy atom. The Hall–Kier alpha value is -0.550. The van der Waals surface area contributed by atoms with Crippen molar-refractivity contribution < 1.29 is 0 Å². The number of nitriles is 1. The molecule has 0 aromatic rings. The Labute approximate surface area is 101 Å². The zero-order chi connectivity index (χ0) is 11.8. The van der Waals surface area contributed by atoms with E-state index in [1.54, 1.807) is 0 Å². The van der Waals surface area contributed by atoms with Crippen molar-refractivity contribution in [1.82, 2.24) is 4.90 Å². The Kier molecular flexibility index (Phi) is 6.49. The van der Waals surface area contributed by atoms with Gasteiger partial charge in [-0.05, 0) is 38.1 Å². The highest BCUT2D eigenvalue weighted by atomic mass is 15.2. The lowest BCUT2D eigenvalue weighted by Crippen LogP contribution is -2.37. The van der Waals surface area contributed by atoms with Crippen LogP contribution in [0, 0.1) is 17.2 Å². The Morgan fingerprint density at radius 3 is 2.50 bits per heavy atom. The average Bonchev–Trinajstić information content (AvgIpc) is 2.75. The predicted octanol–water partition coefficient (Wildman–Crippen LogP) is 3.58. The molecule has 0 radical (unpaired) electrons. The van der Waals surface area contributed by atoms with Crippen molar-refractivity contribution in [1.29, 1.82) is 5.26 Å². The second kappa shape index (κ2) is 7.68. The van der Waals surface area contributed by atoms with E-state index in [2.05, 4.69) is 24.8 Å². The maximum Gasteiger partial charge on any atom is 0.0621 e. The summed E-state index contributed by atoms with van der Waals surface area (Å²) in [5.41, 5.74) is 0. The maximum absolute atomic E-state index is 8.52. The standard InChI is InChI=1S/C14H26N2/c1-13(2)12-16(11-7-3-6-10-15)14-8-4-5-9-14/h13-14H,3-9,11-12H2,1-2H3. The number of hydrogen-bond donors (Lipinski definition) is 0. The lowest BCUT2D eigenvalue weighted by atomic mass is 10.1. The largest absolute Gasteiger partial charge is 0.300 e. The molecule has 0 bridgehead atoms. The monoisotopic (exact) mass is 222 g/mol. The fourth-order valence-corrected chi connectivity index (χ4v) is 2.68. The summed E-state index contributed by atoms with van der Waals surface area (Å²) >= 11 is 0. The fraction of sp³-hybridized carbons (Fsp3) is 0.929. The van der Waals surface area contributed by atoms with Crippen LogP contribution < -0.4 is 0 Å². The molecule has 0 unspecified atom stereocenters. The first kappa shape index (κ1) is 13.5. The van der Waals surface area contributed by atoms with Crippen LogP contribution in [0.1, 0.15) is 58.8 Å². The van der Waals surface area contributed by atoms with Crippen LogP contribution in [-0.2, 0) is 0 Å². The summed E-state index contributed by atoms with van der Waals surface area (Å²) in [6.45, 7) is 7.04. The second-order valence-electron chi connectivity index (χ2n) is 5.44. The van der Waals surface area contributed by atoms with Crippen LogP contribution in [0.4, 0.5) is 0 Å². The summed E-state index contributed by atoms with van der Waals surface area (Å²) in [5.74, 6) is 0.761. The molecule has 0 aromatic heterocycles. The number of nitrogens with zero attached hydrogens (tertiary/aromatic N) is 2.